The third-order valence-corrected chi connectivity index (χ3v) is 17.4. The van der Waals surface area contributed by atoms with Gasteiger partial charge in [0.2, 0.25) is 11.2 Å². The molecular weight excluding hydrogens is 1320 g/mol. The number of aliphatic hydroxyl groups excluding tert-OH is 5. The van der Waals surface area contributed by atoms with Crippen molar-refractivity contribution in [3.8, 4) is 29.4 Å². The molecule has 4 aromatic heterocycles. The molecule has 7 aromatic rings. The number of nitrogens with two attached hydrogens (primary N) is 2. The predicted molar refractivity (Wildman–Crippen MR) is 339 cm³/mol. The fourth-order valence-electron chi connectivity index (χ4n) is 9.08. The van der Waals surface area contributed by atoms with Crippen molar-refractivity contribution in [3.63, 3.8) is 0 Å². The molecule has 3 aromatic carbocycles. The number of esters is 2. The average Bonchev–Trinajstić information content (AvgIpc) is 1.60. The summed E-state index contributed by atoms with van der Waals surface area (Å²) in [6, 6.07) is 31.5. The molecule has 0 radical (unpaired) electrons. The van der Waals surface area contributed by atoms with Crippen LogP contribution in [0.1, 0.15) is 73.7 Å². The number of hydrogen-bond donors (Lipinski definition) is 9. The number of halogens is 1. The van der Waals surface area contributed by atoms with Gasteiger partial charge in [-0.05, 0) is 102 Å². The van der Waals surface area contributed by atoms with E-state index in [1.54, 1.807) is 88.4 Å². The van der Waals surface area contributed by atoms with Crippen LogP contribution in [0.25, 0.3) is 11.0 Å². The smallest absolute Gasteiger partial charge is 1.00 e. The van der Waals surface area contributed by atoms with E-state index < -0.39 is 104 Å². The van der Waals surface area contributed by atoms with E-state index in [0.717, 1.165) is 0 Å². The van der Waals surface area contributed by atoms with Crippen LogP contribution in [-0.4, -0.2) is 169 Å². The van der Waals surface area contributed by atoms with Crippen molar-refractivity contribution >= 4 is 78.7 Å². The molecule has 9 rings (SSSR count). The number of ether oxygens (including phenoxy) is 4. The third-order valence-electron chi connectivity index (χ3n) is 13.4. The quantitative estimate of drug-likeness (QED) is 0.0125. The number of nitrogens with zero attached hydrogens (tertiary/aromatic N) is 9. The number of nitrogens with one attached hydrogen (secondary N) is 1. The summed E-state index contributed by atoms with van der Waals surface area (Å²) in [6.07, 6.45) is -6.59. The Morgan fingerprint density at radius 2 is 1.13 bits per heavy atom. The molecular formula is C59H76ClMgN13O19P2. The van der Waals surface area contributed by atoms with Crippen molar-refractivity contribution in [2.24, 2.45) is 5.41 Å². The number of carbonyl (C=O) groups is 2. The molecule has 2 aliphatic heterocycles. The van der Waals surface area contributed by atoms with E-state index in [1.165, 1.54) is 90.0 Å². The SMILES string of the molecule is CCOC(=O)C(C)(C)CP(=O)(Oc1ccccc1)Oc1ccc([N+](=O)[O-])cc1.CCOC(=O)C(C)(C)NP(=O)(OC[C@H]1O[C@@](C#N)(c2ccc3c(N)ncnn23)[C@H](O)[C@@H]1O)Oc1ccccc1.C[C-](C)C.N.N#C[C@@]1(c2ccc3c(N)ncnn23)O[C@H](CO)[C@@H](O)[C@H]1O.[Cl-].[Mg+2]. The van der Waals surface area contributed by atoms with Crippen LogP contribution in [0.3, 0.4) is 0 Å². The number of aliphatic hydroxyl groups is 5. The molecule has 95 heavy (non-hydrogen) atoms. The van der Waals surface area contributed by atoms with Gasteiger partial charge in [0.05, 0.1) is 54.3 Å². The zero-order valence-corrected chi connectivity index (χ0v) is 57.3. The normalized spacial score (nSPS) is 21.6. The summed E-state index contributed by atoms with van der Waals surface area (Å²) in [5, 5.41) is 92.1. The van der Waals surface area contributed by atoms with Gasteiger partial charge in [0.15, 0.2) is 11.6 Å². The van der Waals surface area contributed by atoms with Crippen LogP contribution in [0.4, 0.5) is 17.3 Å². The first-order valence-electron chi connectivity index (χ1n) is 28.3. The Kier molecular flexibility index (Phi) is 29.9. The molecule has 10 atom stereocenters. The Labute approximate surface area is 569 Å². The first-order chi connectivity index (χ1) is 43.4. The van der Waals surface area contributed by atoms with E-state index in [4.69, 9.17) is 48.5 Å². The van der Waals surface area contributed by atoms with Crippen molar-refractivity contribution in [2.75, 3.05) is 44.1 Å². The number of aromatic nitrogens is 6. The van der Waals surface area contributed by atoms with Crippen LogP contribution in [-0.2, 0) is 53.4 Å². The second kappa shape index (κ2) is 34.8. The van der Waals surface area contributed by atoms with Crippen LogP contribution in [0.15, 0.2) is 122 Å². The molecule has 6 heterocycles. The molecule has 0 spiro atoms. The van der Waals surface area contributed by atoms with Gasteiger partial charge in [-0.3, -0.25) is 24.2 Å². The molecule has 2 unspecified atom stereocenters. The molecule has 36 heteroatoms. The van der Waals surface area contributed by atoms with E-state index in [9.17, 15) is 64.9 Å². The molecule has 2 aliphatic rings. The third kappa shape index (κ3) is 19.5. The summed E-state index contributed by atoms with van der Waals surface area (Å²) in [7, 11) is -8.22. The van der Waals surface area contributed by atoms with Crippen LogP contribution in [0, 0.1) is 44.1 Å². The molecule has 13 N–H and O–H groups in total. The van der Waals surface area contributed by atoms with Gasteiger partial charge in [-0.25, -0.2) is 28.1 Å². The summed E-state index contributed by atoms with van der Waals surface area (Å²) < 4.78 is 73.9. The van der Waals surface area contributed by atoms with Gasteiger partial charge in [0.25, 0.3) is 5.69 Å². The predicted octanol–water partition coefficient (Wildman–Crippen LogP) is 2.67. The topological polar surface area (TPSA) is 493 Å². The molecule has 510 valence electrons. The number of nitro groups is 1. The molecule has 0 saturated carbocycles. The van der Waals surface area contributed by atoms with Crippen LogP contribution >= 0.6 is 15.3 Å². The molecule has 0 aliphatic carbocycles. The number of para-hydroxylation sites is 2. The Hall–Kier alpha value is -7.66. The van der Waals surface area contributed by atoms with Gasteiger partial charge in [-0.2, -0.15) is 46.6 Å². The number of anilines is 2. The number of benzene rings is 3. The largest absolute Gasteiger partial charge is 2.00 e. The Balaban J connectivity index is 0.000000370. The number of nitrogen functional groups attached to an aromatic ring is 2. The molecule has 2 fully saturated rings. The van der Waals surface area contributed by atoms with Crippen LogP contribution in [0.2, 0.25) is 0 Å². The van der Waals surface area contributed by atoms with E-state index >= 15 is 0 Å². The second-order valence-electron chi connectivity index (χ2n) is 22.2. The minimum atomic E-state index is -4.34. The van der Waals surface area contributed by atoms with Gasteiger partial charge in [-0.1, -0.05) is 36.4 Å². The molecule has 32 nitrogen and oxygen atoms in total. The number of rotatable bonds is 21. The number of nitriles is 2. The summed E-state index contributed by atoms with van der Waals surface area (Å²) in [5.74, 6) is 1.13. The van der Waals surface area contributed by atoms with Crippen molar-refractivity contribution < 1.29 is 98.6 Å². The maximum atomic E-state index is 13.9. The number of nitro benzene ring substituents is 1. The van der Waals surface area contributed by atoms with E-state index in [0.29, 0.717) is 16.8 Å². The summed E-state index contributed by atoms with van der Waals surface area (Å²) in [4.78, 5) is 42.7. The monoisotopic (exact) mass is 1390 g/mol. The fraction of sp³-hybridized carbons (Fsp3) is 0.407. The Morgan fingerprint density at radius 1 is 0.716 bits per heavy atom. The number of hydrogen-bond acceptors (Lipinski definition) is 28. The maximum Gasteiger partial charge on any atom is 2.00 e. The fourth-order valence-corrected chi connectivity index (χ4v) is 12.9. The van der Waals surface area contributed by atoms with E-state index in [2.05, 4.69) is 46.0 Å². The van der Waals surface area contributed by atoms with E-state index in [-0.39, 0.29) is 101 Å². The summed E-state index contributed by atoms with van der Waals surface area (Å²) in [6.45, 7) is 14.8. The van der Waals surface area contributed by atoms with Gasteiger partial charge < -0.3 is 94.0 Å². The van der Waals surface area contributed by atoms with Crippen molar-refractivity contribution in [1.29, 1.82) is 10.5 Å². The second-order valence-corrected chi connectivity index (χ2v) is 25.7. The number of fused-ring (bicyclic) bond motifs is 2. The minimum absolute atomic E-state index is 0. The van der Waals surface area contributed by atoms with Crippen LogP contribution in [0.5, 0.6) is 17.2 Å². The first kappa shape index (κ1) is 81.6. The average molecular weight is 1390 g/mol. The first-order valence-corrected chi connectivity index (χ1v) is 31.5. The van der Waals surface area contributed by atoms with Gasteiger partial charge in [-0.15, -0.1) is 0 Å². The van der Waals surface area contributed by atoms with Gasteiger partial charge in [0, 0.05) is 12.1 Å². The van der Waals surface area contributed by atoms with Crippen LogP contribution < -0.4 is 48.7 Å². The van der Waals surface area contributed by atoms with Gasteiger partial charge >= 0.3 is 50.3 Å². The number of carbonyl (C=O) groups excluding carboxylic acids is 2. The minimum Gasteiger partial charge on any atom is -1.00 e. The Morgan fingerprint density at radius 3 is 1.54 bits per heavy atom. The van der Waals surface area contributed by atoms with Crippen molar-refractivity contribution in [3.05, 3.63) is 149 Å². The summed E-state index contributed by atoms with van der Waals surface area (Å²) >= 11 is 0. The molecule has 0 amide bonds. The maximum absolute atomic E-state index is 13.9. The van der Waals surface area contributed by atoms with Crippen molar-refractivity contribution in [1.82, 2.24) is 40.4 Å². The Bertz CT molecular complexity index is 3850. The zero-order valence-electron chi connectivity index (χ0n) is 53.4. The molecule has 0 bridgehead atoms. The van der Waals surface area contributed by atoms with E-state index in [1.807, 2.05) is 12.1 Å². The molecule has 2 saturated heterocycles. The van der Waals surface area contributed by atoms with Gasteiger partial charge in [0.1, 0.15) is 95.2 Å². The number of non-ortho nitro benzene ring substituents is 1. The zero-order chi connectivity index (χ0) is 68.0. The van der Waals surface area contributed by atoms with Crippen molar-refractivity contribution in [2.45, 2.75) is 116 Å². The standard InChI is InChI=1S/C24H29N6O8P.C19H22NO7P.C12H13N5O4.C4H9.ClH.Mg.H3N/c1-4-35-22(33)23(2,3)29-39(34,38-15-8-6-5-7-9-15)36-12-17-19(31)20(32)24(13-25,37-17)18-11-10-16-21(26)27-14-28-30(16)18;1-4-25-18(21)19(2,3)14-28(24,26-16-8-6-5-7-9-16)27-17-12-10-15(11-13-17)20(22)23;13-4-12(10(20)9(19)7(3-18)21-12)8-2-1-6-11(14)15-5-16-17(6)8;1-4(2)3;;;/h5-11,14,17,19-20,31-32H,4,12H2,1-3H3,(H,29,34)(H2,26,27,28);5-13H,4,14H2,1-3H3;1-2,5,7,9-10,18-20H,3H2,(H2,14,15,16);1-3H3;1H;;1H3/q;;;-1;;+2;/p-1/t17-,19-,20-,24+,39?;;7-,9-,10-,12+;;;;/m1.1..../s1. The summed E-state index contributed by atoms with van der Waals surface area (Å²) in [5.41, 5.74) is 6.00.